The van der Waals surface area contributed by atoms with Gasteiger partial charge in [0.25, 0.3) is 0 Å². The van der Waals surface area contributed by atoms with Crippen LogP contribution in [0.5, 0.6) is 0 Å². The molecule has 0 radical (unpaired) electrons. The van der Waals surface area contributed by atoms with Crippen LogP contribution in [0.3, 0.4) is 0 Å². The van der Waals surface area contributed by atoms with Gasteiger partial charge < -0.3 is 5.32 Å². The van der Waals surface area contributed by atoms with Gasteiger partial charge in [-0.2, -0.15) is 0 Å². The van der Waals surface area contributed by atoms with Crippen LogP contribution >= 0.6 is 0 Å². The molecule has 0 aliphatic carbocycles. The second-order valence-electron chi connectivity index (χ2n) is 3.88. The molecule has 1 heteroatoms. The van der Waals surface area contributed by atoms with Crippen LogP contribution in [0.25, 0.3) is 0 Å². The Morgan fingerprint density at radius 1 is 1.31 bits per heavy atom. The first-order chi connectivity index (χ1) is 6.40. The van der Waals surface area contributed by atoms with Gasteiger partial charge in [-0.05, 0) is 24.4 Å². The average molecular weight is 175 g/mol. The molecule has 70 valence electrons. The van der Waals surface area contributed by atoms with Crippen molar-refractivity contribution in [2.75, 3.05) is 6.54 Å². The van der Waals surface area contributed by atoms with E-state index in [1.54, 1.807) is 0 Å². The quantitative estimate of drug-likeness (QED) is 0.728. The third-order valence-electron chi connectivity index (χ3n) is 3.00. The highest BCUT2D eigenvalue weighted by Crippen LogP contribution is 2.28. The Morgan fingerprint density at radius 3 is 2.69 bits per heavy atom. The van der Waals surface area contributed by atoms with E-state index in [1.807, 2.05) is 0 Å². The normalized spacial score (nSPS) is 27.8. The standard InChI is InChI=1S/C12H17N/c1-2-10-8-12(13-9-10)11-6-4-3-5-7-11/h3-7,10,12-13H,2,8-9H2,1H3. The van der Waals surface area contributed by atoms with Crippen molar-refractivity contribution in [2.24, 2.45) is 5.92 Å². The molecule has 0 saturated carbocycles. The number of hydrogen-bond donors (Lipinski definition) is 1. The van der Waals surface area contributed by atoms with Crippen LogP contribution in [0.15, 0.2) is 30.3 Å². The van der Waals surface area contributed by atoms with Gasteiger partial charge in [-0.25, -0.2) is 0 Å². The molecule has 0 bridgehead atoms. The van der Waals surface area contributed by atoms with Gasteiger partial charge in [0, 0.05) is 6.04 Å². The van der Waals surface area contributed by atoms with E-state index in [9.17, 15) is 0 Å². The van der Waals surface area contributed by atoms with Crippen LogP contribution in [0.2, 0.25) is 0 Å². The van der Waals surface area contributed by atoms with Gasteiger partial charge in [0.05, 0.1) is 0 Å². The average Bonchev–Trinajstić information content (AvgIpc) is 2.67. The van der Waals surface area contributed by atoms with E-state index in [4.69, 9.17) is 0 Å². The summed E-state index contributed by atoms with van der Waals surface area (Å²) in [4.78, 5) is 0. The van der Waals surface area contributed by atoms with Crippen molar-refractivity contribution >= 4 is 0 Å². The third-order valence-corrected chi connectivity index (χ3v) is 3.00. The van der Waals surface area contributed by atoms with Crippen LogP contribution in [0.4, 0.5) is 0 Å². The smallest absolute Gasteiger partial charge is 0.0323 e. The molecule has 1 aliphatic rings. The van der Waals surface area contributed by atoms with Gasteiger partial charge in [0.2, 0.25) is 0 Å². The summed E-state index contributed by atoms with van der Waals surface area (Å²) in [6, 6.07) is 11.4. The van der Waals surface area contributed by atoms with Gasteiger partial charge in [-0.1, -0.05) is 43.7 Å². The van der Waals surface area contributed by atoms with E-state index in [1.165, 1.54) is 24.9 Å². The van der Waals surface area contributed by atoms with Gasteiger partial charge in [0.15, 0.2) is 0 Å². The number of hydrogen-bond acceptors (Lipinski definition) is 1. The molecule has 1 heterocycles. The summed E-state index contributed by atoms with van der Waals surface area (Å²) in [5.74, 6) is 0.880. The fraction of sp³-hybridized carbons (Fsp3) is 0.500. The minimum atomic E-state index is 0.603. The maximum Gasteiger partial charge on any atom is 0.0323 e. The largest absolute Gasteiger partial charge is 0.310 e. The first-order valence-corrected chi connectivity index (χ1v) is 5.18. The Morgan fingerprint density at radius 2 is 2.08 bits per heavy atom. The predicted molar refractivity (Wildman–Crippen MR) is 55.6 cm³/mol. The third kappa shape index (κ3) is 1.92. The molecule has 1 N–H and O–H groups in total. The van der Waals surface area contributed by atoms with Crippen molar-refractivity contribution in [1.29, 1.82) is 0 Å². The zero-order valence-electron chi connectivity index (χ0n) is 8.16. The highest BCUT2D eigenvalue weighted by atomic mass is 14.9. The van der Waals surface area contributed by atoms with E-state index >= 15 is 0 Å². The van der Waals surface area contributed by atoms with Crippen molar-refractivity contribution in [2.45, 2.75) is 25.8 Å². The van der Waals surface area contributed by atoms with Crippen molar-refractivity contribution < 1.29 is 0 Å². The first kappa shape index (κ1) is 8.76. The second-order valence-corrected chi connectivity index (χ2v) is 3.88. The predicted octanol–water partition coefficient (Wildman–Crippen LogP) is 2.75. The Hall–Kier alpha value is -0.820. The molecule has 0 amide bonds. The molecule has 0 aromatic heterocycles. The van der Waals surface area contributed by atoms with Crippen LogP contribution in [0, 0.1) is 5.92 Å². The lowest BCUT2D eigenvalue weighted by Gasteiger charge is -2.09. The highest BCUT2D eigenvalue weighted by Gasteiger charge is 2.23. The summed E-state index contributed by atoms with van der Waals surface area (Å²) in [5.41, 5.74) is 1.44. The summed E-state index contributed by atoms with van der Waals surface area (Å²) in [7, 11) is 0. The van der Waals surface area contributed by atoms with Gasteiger partial charge >= 0.3 is 0 Å². The molecule has 1 fully saturated rings. The fourth-order valence-corrected chi connectivity index (χ4v) is 2.06. The van der Waals surface area contributed by atoms with Crippen molar-refractivity contribution in [1.82, 2.24) is 5.32 Å². The Kier molecular flexibility index (Phi) is 2.65. The van der Waals surface area contributed by atoms with Crippen molar-refractivity contribution in [3.63, 3.8) is 0 Å². The molecule has 1 saturated heterocycles. The lowest BCUT2D eigenvalue weighted by Crippen LogP contribution is -2.13. The van der Waals surface area contributed by atoms with Crippen LogP contribution < -0.4 is 5.32 Å². The molecule has 2 unspecified atom stereocenters. The summed E-state index contributed by atoms with van der Waals surface area (Å²) in [6.07, 6.45) is 2.61. The molecule has 13 heavy (non-hydrogen) atoms. The SMILES string of the molecule is CCC1CNC(c2ccccc2)C1. The minimum absolute atomic E-state index is 0.603. The van der Waals surface area contributed by atoms with E-state index in [0.717, 1.165) is 5.92 Å². The first-order valence-electron chi connectivity index (χ1n) is 5.18. The lowest BCUT2D eigenvalue weighted by atomic mass is 9.98. The van der Waals surface area contributed by atoms with E-state index in [0.29, 0.717) is 6.04 Å². The minimum Gasteiger partial charge on any atom is -0.310 e. The highest BCUT2D eigenvalue weighted by molar-refractivity contribution is 5.19. The summed E-state index contributed by atoms with van der Waals surface area (Å²) in [6.45, 7) is 3.47. The number of nitrogens with one attached hydrogen (secondary N) is 1. The number of rotatable bonds is 2. The van der Waals surface area contributed by atoms with E-state index in [-0.39, 0.29) is 0 Å². The van der Waals surface area contributed by atoms with E-state index in [2.05, 4.69) is 42.6 Å². The Bertz CT molecular complexity index is 255. The summed E-state index contributed by atoms with van der Waals surface area (Å²) >= 11 is 0. The summed E-state index contributed by atoms with van der Waals surface area (Å²) < 4.78 is 0. The summed E-state index contributed by atoms with van der Waals surface area (Å²) in [5, 5.41) is 3.57. The Labute approximate surface area is 80.2 Å². The topological polar surface area (TPSA) is 12.0 Å². The zero-order valence-corrected chi connectivity index (χ0v) is 8.16. The molecule has 1 aromatic carbocycles. The second kappa shape index (κ2) is 3.93. The maximum absolute atomic E-state index is 3.57. The van der Waals surface area contributed by atoms with Crippen LogP contribution in [-0.4, -0.2) is 6.54 Å². The van der Waals surface area contributed by atoms with Crippen LogP contribution in [0.1, 0.15) is 31.4 Å². The zero-order chi connectivity index (χ0) is 9.10. The van der Waals surface area contributed by atoms with E-state index < -0.39 is 0 Å². The molecule has 2 rings (SSSR count). The molecular formula is C12H17N. The van der Waals surface area contributed by atoms with Crippen molar-refractivity contribution in [3.05, 3.63) is 35.9 Å². The molecule has 2 atom stereocenters. The fourth-order valence-electron chi connectivity index (χ4n) is 2.06. The molecule has 1 aliphatic heterocycles. The maximum atomic E-state index is 3.57. The van der Waals surface area contributed by atoms with Gasteiger partial charge in [0.1, 0.15) is 0 Å². The number of benzene rings is 1. The van der Waals surface area contributed by atoms with Crippen LogP contribution in [-0.2, 0) is 0 Å². The molecule has 0 spiro atoms. The molecule has 1 aromatic rings. The molecule has 1 nitrogen and oxygen atoms in total. The monoisotopic (exact) mass is 175 g/mol. The Balaban J connectivity index is 2.04. The van der Waals surface area contributed by atoms with Gasteiger partial charge in [-0.15, -0.1) is 0 Å². The lowest BCUT2D eigenvalue weighted by molar-refractivity contribution is 0.546. The van der Waals surface area contributed by atoms with Crippen molar-refractivity contribution in [3.8, 4) is 0 Å². The van der Waals surface area contributed by atoms with Gasteiger partial charge in [-0.3, -0.25) is 0 Å². The molecular weight excluding hydrogens is 158 g/mol.